The van der Waals surface area contributed by atoms with Crippen LogP contribution in [0.1, 0.15) is 24.8 Å². The molecule has 4 N–H and O–H groups in total. The lowest BCUT2D eigenvalue weighted by atomic mass is 9.99. The fraction of sp³-hybridized carbons (Fsp3) is 0.520. The zero-order valence-corrected chi connectivity index (χ0v) is 21.2. The highest BCUT2D eigenvalue weighted by molar-refractivity contribution is 5.98. The molecule has 0 aliphatic carbocycles. The quantitative estimate of drug-likeness (QED) is 0.146. The number of alkyl halides is 6. The molecule has 14 heteroatoms. The van der Waals surface area contributed by atoms with E-state index in [-0.39, 0.29) is 42.7 Å². The van der Waals surface area contributed by atoms with Gasteiger partial charge in [-0.05, 0) is 43.5 Å². The molecule has 2 saturated heterocycles. The van der Waals surface area contributed by atoms with Crippen LogP contribution in [0, 0.1) is 0 Å². The molecule has 8 nitrogen and oxygen atoms in total. The van der Waals surface area contributed by atoms with Crippen molar-refractivity contribution in [1.82, 2.24) is 10.2 Å². The molecule has 1 aromatic rings. The number of amides is 1. The van der Waals surface area contributed by atoms with Gasteiger partial charge in [0.2, 0.25) is 5.84 Å². The van der Waals surface area contributed by atoms with E-state index in [0.717, 1.165) is 30.7 Å². The lowest BCUT2D eigenvalue weighted by molar-refractivity contribution is -0.137. The van der Waals surface area contributed by atoms with E-state index < -0.39 is 35.4 Å². The number of carbonyl (C=O) groups excluding carboxylic acids is 1. The summed E-state index contributed by atoms with van der Waals surface area (Å²) in [5.41, 5.74) is 3.31. The van der Waals surface area contributed by atoms with Crippen molar-refractivity contribution in [2.24, 2.45) is 10.7 Å². The van der Waals surface area contributed by atoms with E-state index in [2.05, 4.69) is 22.2 Å². The monoisotopic (exact) mass is 563 g/mol. The molecule has 0 spiro atoms. The third-order valence-corrected chi connectivity index (χ3v) is 6.39. The number of nitrogens with two attached hydrogens (primary N) is 1. The fourth-order valence-corrected chi connectivity index (χ4v) is 4.34. The number of nitrogens with one attached hydrogen (secondary N) is 2. The number of aliphatic imine (C=N–C) groups is 1. The van der Waals surface area contributed by atoms with E-state index in [1.807, 2.05) is 0 Å². The molecule has 2 atom stereocenters. The van der Waals surface area contributed by atoms with Gasteiger partial charge >= 0.3 is 12.4 Å². The van der Waals surface area contributed by atoms with Crippen LogP contribution in [0.5, 0.6) is 0 Å². The summed E-state index contributed by atoms with van der Waals surface area (Å²) in [5.74, 6) is -2.55. The van der Waals surface area contributed by atoms with Crippen molar-refractivity contribution in [3.63, 3.8) is 0 Å². The predicted molar refractivity (Wildman–Crippen MR) is 133 cm³/mol. The van der Waals surface area contributed by atoms with Gasteiger partial charge in [0.25, 0.3) is 5.91 Å². The van der Waals surface area contributed by atoms with Crippen molar-refractivity contribution in [3.8, 4) is 0 Å². The number of benzene rings is 1. The molecule has 2 heterocycles. The van der Waals surface area contributed by atoms with Crippen LogP contribution in [0.15, 0.2) is 53.3 Å². The van der Waals surface area contributed by atoms with Crippen molar-refractivity contribution < 1.29 is 40.6 Å². The molecule has 0 saturated carbocycles. The van der Waals surface area contributed by atoms with Crippen LogP contribution in [0.25, 0.3) is 0 Å². The molecule has 0 unspecified atom stereocenters. The Labute approximate surface area is 221 Å². The number of ether oxygens (including phenoxy) is 2. The number of methoxy groups -OCH3 is 1. The van der Waals surface area contributed by atoms with Crippen LogP contribution in [-0.2, 0) is 20.4 Å². The van der Waals surface area contributed by atoms with Gasteiger partial charge in [-0.2, -0.15) is 26.3 Å². The average molecular weight is 564 g/mol. The Bertz CT molecular complexity index is 1080. The molecule has 216 valence electrons. The molecule has 2 aliphatic heterocycles. The molecule has 3 rings (SSSR count). The zero-order valence-electron chi connectivity index (χ0n) is 21.2. The number of halogens is 6. The number of carbonyl (C=O) groups is 1. The minimum absolute atomic E-state index is 0.0278. The van der Waals surface area contributed by atoms with Gasteiger partial charge in [0.05, 0.1) is 18.3 Å². The number of hydrogen-bond donors (Lipinski definition) is 3. The number of rotatable bonds is 8. The van der Waals surface area contributed by atoms with E-state index in [9.17, 15) is 31.1 Å². The van der Waals surface area contributed by atoms with E-state index in [1.54, 1.807) is 7.11 Å². The number of anilines is 1. The zero-order chi connectivity index (χ0) is 28.8. The van der Waals surface area contributed by atoms with Gasteiger partial charge in [0.1, 0.15) is 5.70 Å². The first-order chi connectivity index (χ1) is 18.3. The lowest BCUT2D eigenvalue weighted by Gasteiger charge is -2.38. The van der Waals surface area contributed by atoms with Gasteiger partial charge in [-0.25, -0.2) is 4.99 Å². The van der Waals surface area contributed by atoms with Gasteiger partial charge in [-0.1, -0.05) is 12.6 Å². The maximum absolute atomic E-state index is 13.2. The molecule has 0 bridgehead atoms. The fourth-order valence-electron chi connectivity index (χ4n) is 4.34. The van der Waals surface area contributed by atoms with Crippen molar-refractivity contribution in [2.75, 3.05) is 38.7 Å². The second-order valence-electron chi connectivity index (χ2n) is 9.23. The van der Waals surface area contributed by atoms with E-state index in [0.29, 0.717) is 26.1 Å². The second-order valence-corrected chi connectivity index (χ2v) is 9.23. The minimum atomic E-state index is -4.99. The van der Waals surface area contributed by atoms with Crippen LogP contribution in [0.4, 0.5) is 32.0 Å². The van der Waals surface area contributed by atoms with Crippen LogP contribution in [-0.4, -0.2) is 74.4 Å². The summed E-state index contributed by atoms with van der Waals surface area (Å²) in [6.45, 7) is 5.15. The number of hydrogen-bond acceptors (Lipinski definition) is 6. The summed E-state index contributed by atoms with van der Waals surface area (Å²) < 4.78 is 89.2. The van der Waals surface area contributed by atoms with Crippen molar-refractivity contribution in [1.29, 1.82) is 0 Å². The van der Waals surface area contributed by atoms with Gasteiger partial charge in [0, 0.05) is 50.3 Å². The maximum Gasteiger partial charge on any atom is 0.448 e. The molecular formula is C25H31F6N5O3. The largest absolute Gasteiger partial charge is 0.448 e. The third kappa shape index (κ3) is 8.70. The van der Waals surface area contributed by atoms with Crippen LogP contribution in [0.3, 0.4) is 0 Å². The van der Waals surface area contributed by atoms with E-state index in [4.69, 9.17) is 15.2 Å². The molecule has 0 aromatic heterocycles. The summed E-state index contributed by atoms with van der Waals surface area (Å²) >= 11 is 0. The molecule has 2 fully saturated rings. The number of amidine groups is 1. The topological polar surface area (TPSA) is 101 Å². The minimum Gasteiger partial charge on any atom is -0.380 e. The first kappa shape index (κ1) is 30.4. The highest BCUT2D eigenvalue weighted by Crippen LogP contribution is 2.31. The molecule has 1 amide bonds. The Morgan fingerprint density at radius 2 is 1.90 bits per heavy atom. The van der Waals surface area contributed by atoms with Crippen LogP contribution >= 0.6 is 0 Å². The average Bonchev–Trinajstić information content (AvgIpc) is 2.87. The number of likely N-dealkylation sites (tertiary alicyclic amines) is 1. The van der Waals surface area contributed by atoms with Gasteiger partial charge < -0.3 is 30.7 Å². The first-order valence-electron chi connectivity index (χ1n) is 12.2. The summed E-state index contributed by atoms with van der Waals surface area (Å²) in [5, 5.41) is 6.07. The predicted octanol–water partition coefficient (Wildman–Crippen LogP) is 3.82. The molecule has 1 aromatic carbocycles. The second kappa shape index (κ2) is 12.8. The summed E-state index contributed by atoms with van der Waals surface area (Å²) in [6, 6.07) is 4.27. The van der Waals surface area contributed by atoms with Crippen molar-refractivity contribution in [3.05, 3.63) is 53.9 Å². The number of allylic oxidation sites excluding steroid dienone is 1. The number of nitrogens with zero attached hydrogens (tertiary/aromatic N) is 2. The smallest absolute Gasteiger partial charge is 0.380 e. The maximum atomic E-state index is 13.2. The Kier molecular flexibility index (Phi) is 10.0. The number of piperidine rings is 1. The van der Waals surface area contributed by atoms with Crippen molar-refractivity contribution in [2.45, 2.75) is 49.8 Å². The molecule has 39 heavy (non-hydrogen) atoms. The first-order valence-corrected chi connectivity index (χ1v) is 12.2. The summed E-state index contributed by atoms with van der Waals surface area (Å²) in [4.78, 5) is 17.8. The summed E-state index contributed by atoms with van der Waals surface area (Å²) in [7, 11) is 1.60. The molecule has 0 radical (unpaired) electrons. The Morgan fingerprint density at radius 3 is 2.51 bits per heavy atom. The van der Waals surface area contributed by atoms with Gasteiger partial charge in [-0.3, -0.25) is 4.79 Å². The Balaban J connectivity index is 1.72. The van der Waals surface area contributed by atoms with Gasteiger partial charge in [-0.15, -0.1) is 0 Å². The Morgan fingerprint density at radius 1 is 1.21 bits per heavy atom. The summed E-state index contributed by atoms with van der Waals surface area (Å²) in [6.07, 6.45) is -6.94. The molecule has 2 aliphatic rings. The van der Waals surface area contributed by atoms with Crippen LogP contribution in [0.2, 0.25) is 0 Å². The molecular weight excluding hydrogens is 532 g/mol. The van der Waals surface area contributed by atoms with E-state index in [1.165, 1.54) is 11.0 Å². The Hall–Kier alpha value is -3.10. The van der Waals surface area contributed by atoms with Crippen LogP contribution < -0.4 is 16.4 Å². The van der Waals surface area contributed by atoms with Crippen molar-refractivity contribution >= 4 is 17.4 Å². The van der Waals surface area contributed by atoms with Gasteiger partial charge in [0.15, 0.2) is 0 Å². The standard InChI is InChI=1S/C25H31F6N5O3/c1-15(33-18-5-3-4-16(13-18)24(26,27)28)12-20(35-23(32)25(29,30)31)22(37)36-9-6-17(7-10-36)34-19-8-11-39-14-21(19)38-2/h3-5,12-13,17,19,21,33-34H,1,6-11,14H2,2H3,(H2,32,35)/b20-12-/t19-,21+/m1/s1. The SMILES string of the molecule is C=C(/C=C(\N=C(N)C(F)(F)F)C(=O)N1CCC(N[C@@H]2CCOC[C@@H]2OC)CC1)Nc1cccc(C(F)(F)F)c1. The van der Waals surface area contributed by atoms with E-state index >= 15 is 0 Å². The highest BCUT2D eigenvalue weighted by atomic mass is 19.4. The third-order valence-electron chi connectivity index (χ3n) is 6.39. The normalized spacial score (nSPS) is 22.1. The lowest BCUT2D eigenvalue weighted by Crippen LogP contribution is -2.54. The highest BCUT2D eigenvalue weighted by Gasteiger charge is 2.36.